The van der Waals surface area contributed by atoms with Crippen LogP contribution in [0.2, 0.25) is 0 Å². The first-order chi connectivity index (χ1) is 12.2. The van der Waals surface area contributed by atoms with Crippen molar-refractivity contribution in [3.8, 4) is 0 Å². The number of rotatable bonds is 5. The first-order valence-electron chi connectivity index (χ1n) is 9.18. The molecule has 0 spiro atoms. The Morgan fingerprint density at radius 3 is 2.73 bits per heavy atom. The summed E-state index contributed by atoms with van der Waals surface area (Å²) in [6, 6.07) is 0. The molecular weight excluding hydrogens is 479 g/mol. The first-order valence-corrected chi connectivity index (χ1v) is 11.2. The predicted molar refractivity (Wildman–Crippen MR) is 123 cm³/mol. The van der Waals surface area contributed by atoms with Crippen molar-refractivity contribution in [2.75, 3.05) is 40.1 Å². The molecule has 1 aliphatic heterocycles. The van der Waals surface area contributed by atoms with Gasteiger partial charge >= 0.3 is 0 Å². The molecule has 5 nitrogen and oxygen atoms in total. The summed E-state index contributed by atoms with van der Waals surface area (Å²) in [5.74, 6) is 0.952. The lowest BCUT2D eigenvalue weighted by atomic mass is 9.99. The molecule has 0 amide bonds. The van der Waals surface area contributed by atoms with Crippen molar-refractivity contribution in [3.63, 3.8) is 0 Å². The van der Waals surface area contributed by atoms with Crippen LogP contribution in [0.25, 0.3) is 0 Å². The Bertz CT molecular complexity index is 579. The molecule has 26 heavy (non-hydrogen) atoms. The number of aromatic nitrogens is 1. The van der Waals surface area contributed by atoms with Gasteiger partial charge in [0.15, 0.2) is 5.96 Å². The summed E-state index contributed by atoms with van der Waals surface area (Å²) in [4.78, 5) is 13.0. The van der Waals surface area contributed by atoms with Crippen molar-refractivity contribution in [2.45, 2.75) is 49.8 Å². The zero-order valence-electron chi connectivity index (χ0n) is 16.0. The van der Waals surface area contributed by atoms with Crippen LogP contribution in [0.15, 0.2) is 4.99 Å². The van der Waals surface area contributed by atoms with E-state index in [0.29, 0.717) is 0 Å². The molecule has 0 radical (unpaired) electrons. The van der Waals surface area contributed by atoms with Crippen molar-refractivity contribution in [1.82, 2.24) is 15.2 Å². The van der Waals surface area contributed by atoms with E-state index in [4.69, 9.17) is 9.72 Å². The highest BCUT2D eigenvalue weighted by Crippen LogP contribution is 2.33. The van der Waals surface area contributed by atoms with Gasteiger partial charge in [-0.2, -0.15) is 11.8 Å². The van der Waals surface area contributed by atoms with Gasteiger partial charge in [0.05, 0.1) is 12.2 Å². The Kier molecular flexibility index (Phi) is 8.96. The zero-order chi connectivity index (χ0) is 17.7. The second kappa shape index (κ2) is 10.5. The summed E-state index contributed by atoms with van der Waals surface area (Å²) < 4.78 is 5.80. The van der Waals surface area contributed by atoms with E-state index in [-0.39, 0.29) is 28.7 Å². The van der Waals surface area contributed by atoms with Crippen molar-refractivity contribution in [3.05, 3.63) is 15.6 Å². The zero-order valence-corrected chi connectivity index (χ0v) is 20.0. The lowest BCUT2D eigenvalue weighted by molar-refractivity contribution is 0.0781. The molecular formula is C18H31IN4OS2. The second-order valence-electron chi connectivity index (χ2n) is 6.94. The summed E-state index contributed by atoms with van der Waals surface area (Å²) in [7, 11) is 3.97. The van der Waals surface area contributed by atoms with Crippen LogP contribution in [0, 0.1) is 0 Å². The summed E-state index contributed by atoms with van der Waals surface area (Å²) in [6.45, 7) is 3.49. The molecule has 0 unspecified atom stereocenters. The van der Waals surface area contributed by atoms with Crippen LogP contribution < -0.4 is 5.32 Å². The number of hydrogen-bond donors (Lipinski definition) is 1. The largest absolute Gasteiger partial charge is 0.381 e. The van der Waals surface area contributed by atoms with Crippen molar-refractivity contribution < 1.29 is 4.74 Å². The number of guanidine groups is 1. The Labute approximate surface area is 182 Å². The normalized spacial score (nSPS) is 19.4. The summed E-state index contributed by atoms with van der Waals surface area (Å²) in [5, 5.41) is 4.80. The third-order valence-electron chi connectivity index (χ3n) is 5.24. The second-order valence-corrected chi connectivity index (χ2v) is 9.38. The minimum atomic E-state index is 0. The van der Waals surface area contributed by atoms with E-state index in [1.54, 1.807) is 0 Å². The molecule has 2 aliphatic rings. The predicted octanol–water partition coefficient (Wildman–Crippen LogP) is 3.56. The fourth-order valence-electron chi connectivity index (χ4n) is 3.57. The van der Waals surface area contributed by atoms with Crippen LogP contribution in [0.5, 0.6) is 0 Å². The van der Waals surface area contributed by atoms with Gasteiger partial charge < -0.3 is 15.0 Å². The lowest BCUT2D eigenvalue weighted by Gasteiger charge is -2.36. The van der Waals surface area contributed by atoms with E-state index in [2.05, 4.69) is 28.5 Å². The molecule has 2 heterocycles. The van der Waals surface area contributed by atoms with E-state index >= 15 is 0 Å². The van der Waals surface area contributed by atoms with Gasteiger partial charge in [-0.25, -0.2) is 4.98 Å². The number of thiazole rings is 1. The third-order valence-corrected chi connectivity index (χ3v) is 7.80. The van der Waals surface area contributed by atoms with Crippen LogP contribution >= 0.6 is 47.1 Å². The van der Waals surface area contributed by atoms with Gasteiger partial charge in [0.25, 0.3) is 0 Å². The van der Waals surface area contributed by atoms with E-state index < -0.39 is 0 Å². The van der Waals surface area contributed by atoms with Crippen molar-refractivity contribution in [1.29, 1.82) is 0 Å². The van der Waals surface area contributed by atoms with Crippen molar-refractivity contribution >= 4 is 53.0 Å². The average Bonchev–Trinajstić information content (AvgIpc) is 3.05. The molecule has 148 valence electrons. The molecule has 1 aliphatic carbocycles. The number of nitrogens with one attached hydrogen (secondary N) is 1. The van der Waals surface area contributed by atoms with E-state index in [0.717, 1.165) is 51.5 Å². The van der Waals surface area contributed by atoms with Crippen LogP contribution in [-0.2, 0) is 24.1 Å². The highest BCUT2D eigenvalue weighted by atomic mass is 127. The molecule has 1 aromatic heterocycles. The summed E-state index contributed by atoms with van der Waals surface area (Å²) >= 11 is 3.84. The quantitative estimate of drug-likeness (QED) is 0.373. The SMILES string of the molecule is CN=C(NCC1(SC)CCOCC1)N(C)Cc1nc2c(s1)CCCC2.I. The van der Waals surface area contributed by atoms with E-state index in [1.807, 2.05) is 30.1 Å². The fourth-order valence-corrected chi connectivity index (χ4v) is 5.57. The van der Waals surface area contributed by atoms with Gasteiger partial charge in [-0.05, 0) is 44.8 Å². The molecule has 0 saturated carbocycles. The minimum Gasteiger partial charge on any atom is -0.381 e. The number of thioether (sulfide) groups is 1. The number of aliphatic imine (C=N–C) groups is 1. The van der Waals surface area contributed by atoms with Gasteiger partial charge in [0.1, 0.15) is 5.01 Å². The summed E-state index contributed by atoms with van der Waals surface area (Å²) in [5.41, 5.74) is 1.34. The van der Waals surface area contributed by atoms with Gasteiger partial charge in [0.2, 0.25) is 0 Å². The van der Waals surface area contributed by atoms with Gasteiger partial charge in [0, 0.05) is 43.5 Å². The Morgan fingerprint density at radius 1 is 1.35 bits per heavy atom. The molecule has 1 aromatic rings. The average molecular weight is 511 g/mol. The molecule has 3 rings (SSSR count). The highest BCUT2D eigenvalue weighted by molar-refractivity contribution is 14.0. The molecule has 0 bridgehead atoms. The topological polar surface area (TPSA) is 49.8 Å². The number of nitrogens with zero attached hydrogens (tertiary/aromatic N) is 3. The number of ether oxygens (including phenoxy) is 1. The van der Waals surface area contributed by atoms with Gasteiger partial charge in [-0.3, -0.25) is 4.99 Å². The standard InChI is InChI=1S/C18H30N4OS2.HI/c1-19-17(20-13-18(24-3)8-10-23-11-9-18)22(2)12-16-21-14-6-4-5-7-15(14)25-16;/h4-13H2,1-3H3,(H,19,20);1H. The molecule has 8 heteroatoms. The monoisotopic (exact) mass is 510 g/mol. The van der Waals surface area contributed by atoms with Crippen LogP contribution in [0.3, 0.4) is 0 Å². The van der Waals surface area contributed by atoms with Gasteiger partial charge in [-0.1, -0.05) is 0 Å². The van der Waals surface area contributed by atoms with Gasteiger partial charge in [-0.15, -0.1) is 35.3 Å². The number of hydrogen-bond acceptors (Lipinski definition) is 5. The molecule has 1 saturated heterocycles. The smallest absolute Gasteiger partial charge is 0.193 e. The Balaban J connectivity index is 0.00000243. The Hall–Kier alpha value is -0.0600. The van der Waals surface area contributed by atoms with Crippen LogP contribution in [-0.4, -0.2) is 60.7 Å². The number of halogens is 1. The molecule has 1 fully saturated rings. The first kappa shape index (κ1) is 22.2. The van der Waals surface area contributed by atoms with E-state index in [1.165, 1.54) is 34.8 Å². The number of aryl methyl sites for hydroxylation is 2. The maximum absolute atomic E-state index is 5.54. The minimum absolute atomic E-state index is 0. The van der Waals surface area contributed by atoms with Crippen molar-refractivity contribution in [2.24, 2.45) is 4.99 Å². The summed E-state index contributed by atoms with van der Waals surface area (Å²) in [6.07, 6.45) is 9.37. The maximum atomic E-state index is 5.54. The van der Waals surface area contributed by atoms with Crippen LogP contribution in [0.4, 0.5) is 0 Å². The molecule has 1 N–H and O–H groups in total. The number of fused-ring (bicyclic) bond motifs is 1. The fraction of sp³-hybridized carbons (Fsp3) is 0.778. The Morgan fingerprint density at radius 2 is 2.08 bits per heavy atom. The highest BCUT2D eigenvalue weighted by Gasteiger charge is 2.32. The lowest BCUT2D eigenvalue weighted by Crippen LogP contribution is -2.48. The molecule has 0 atom stereocenters. The van der Waals surface area contributed by atoms with E-state index in [9.17, 15) is 0 Å². The molecule has 0 aromatic carbocycles. The maximum Gasteiger partial charge on any atom is 0.193 e. The third kappa shape index (κ3) is 5.48. The van der Waals surface area contributed by atoms with Crippen LogP contribution in [0.1, 0.15) is 41.3 Å².